The summed E-state index contributed by atoms with van der Waals surface area (Å²) in [5.41, 5.74) is 0. The number of rotatable bonds is 8. The molecule has 0 saturated carbocycles. The van der Waals surface area contributed by atoms with E-state index in [2.05, 4.69) is 0 Å². The van der Waals surface area contributed by atoms with Crippen LogP contribution in [-0.2, 0) is 19.7 Å². The van der Waals surface area contributed by atoms with Gasteiger partial charge in [0.1, 0.15) is 0 Å². The second-order valence-corrected chi connectivity index (χ2v) is 5.78. The van der Waals surface area contributed by atoms with E-state index in [0.29, 0.717) is 0 Å². The van der Waals surface area contributed by atoms with Gasteiger partial charge in [0, 0.05) is 0 Å². The van der Waals surface area contributed by atoms with Gasteiger partial charge in [-0.2, -0.15) is 74.3 Å². The van der Waals surface area contributed by atoms with Crippen LogP contribution in [0.3, 0.4) is 0 Å². The Labute approximate surface area is 146 Å². The van der Waals surface area contributed by atoms with Crippen molar-refractivity contribution in [3.8, 4) is 0 Å². The number of hydrogen-bond donors (Lipinski definition) is 0. The van der Waals surface area contributed by atoms with Crippen molar-refractivity contribution in [2.45, 2.75) is 35.4 Å². The van der Waals surface area contributed by atoms with Crippen LogP contribution in [0.5, 0.6) is 0 Å². The van der Waals surface area contributed by atoms with E-state index in [1.165, 1.54) is 4.74 Å². The third-order valence-electron chi connectivity index (χ3n) is 2.41. The van der Waals surface area contributed by atoms with Crippen molar-refractivity contribution in [1.29, 1.82) is 0 Å². The Bertz CT molecular complexity index is 749. The molecule has 21 heteroatoms. The second-order valence-electron chi connectivity index (χ2n) is 4.39. The summed E-state index contributed by atoms with van der Waals surface area (Å²) in [6, 6.07) is -4.09. The van der Waals surface area contributed by atoms with Gasteiger partial charge < -0.3 is 4.74 Å². The summed E-state index contributed by atoms with van der Waals surface area (Å²) in [5, 5.41) is -7.71. The summed E-state index contributed by atoms with van der Waals surface area (Å²) in [7, 11) is -8.13. The lowest BCUT2D eigenvalue weighted by atomic mass is 10.2. The maximum Gasteiger partial charge on any atom is 0.471 e. The fourth-order valence-electron chi connectivity index (χ4n) is 1.06. The maximum atomic E-state index is 13.5. The first-order valence-electron chi connectivity index (χ1n) is 5.59. The molecule has 0 bridgehead atoms. The van der Waals surface area contributed by atoms with Crippen LogP contribution < -0.4 is 0 Å². The van der Waals surface area contributed by atoms with Crippen molar-refractivity contribution in [1.82, 2.24) is 0 Å². The van der Waals surface area contributed by atoms with E-state index < -0.39 is 57.7 Å². The molecule has 0 aromatic rings. The standard InChI is InChI=1S/C8F16O4S/c9-1(10)2(11)27-7(20,21)4(14,5(15,16)17)28-6(18,19)3(12,13)8(22,23)29(24,25)26. The fourth-order valence-corrected chi connectivity index (χ4v) is 1.49. The molecule has 0 aliphatic carbocycles. The summed E-state index contributed by atoms with van der Waals surface area (Å²) in [6.45, 7) is 0. The predicted molar refractivity (Wildman–Crippen MR) is 52.2 cm³/mol. The first kappa shape index (κ1) is 27.3. The van der Waals surface area contributed by atoms with Gasteiger partial charge in [0.2, 0.25) is 0 Å². The third-order valence-corrected chi connectivity index (χ3v) is 3.28. The van der Waals surface area contributed by atoms with E-state index in [-0.39, 0.29) is 0 Å². The highest BCUT2D eigenvalue weighted by molar-refractivity contribution is 7.87. The Balaban J connectivity index is 6.57. The molecule has 0 aliphatic rings. The Morgan fingerprint density at radius 2 is 1.07 bits per heavy atom. The van der Waals surface area contributed by atoms with Gasteiger partial charge in [0.25, 0.3) is 0 Å². The average molecular weight is 496 g/mol. The molecule has 1 atom stereocenters. The number of halogens is 16. The Morgan fingerprint density at radius 3 is 1.34 bits per heavy atom. The van der Waals surface area contributed by atoms with Crippen molar-refractivity contribution >= 4 is 10.2 Å². The minimum absolute atomic E-state index is 1.29. The van der Waals surface area contributed by atoms with E-state index in [1.807, 2.05) is 0 Å². The van der Waals surface area contributed by atoms with E-state index in [4.69, 9.17) is 0 Å². The Morgan fingerprint density at radius 1 is 0.690 bits per heavy atom. The molecule has 0 amide bonds. The molecule has 0 saturated heterocycles. The normalized spacial score (nSPS) is 17.0. The largest absolute Gasteiger partial charge is 0.471 e. The van der Waals surface area contributed by atoms with Crippen LogP contribution in [0.4, 0.5) is 69.7 Å². The molecular formula is C8F16O4S. The Kier molecular flexibility index (Phi) is 6.82. The number of hydrogen-bond acceptors (Lipinski definition) is 4. The average Bonchev–Trinajstić information content (AvgIpc) is 2.42. The Hall–Kier alpha value is -1.67. The molecule has 174 valence electrons. The molecule has 0 N–H and O–H groups in total. The minimum atomic E-state index is -8.13. The molecule has 0 radical (unpaired) electrons. The molecule has 0 heterocycles. The van der Waals surface area contributed by atoms with Crippen molar-refractivity contribution < 1.29 is 87.6 Å². The van der Waals surface area contributed by atoms with Gasteiger partial charge in [0.05, 0.1) is 0 Å². The minimum Gasteiger partial charge on any atom is -0.398 e. The van der Waals surface area contributed by atoms with Crippen LogP contribution in [-0.4, -0.2) is 43.8 Å². The van der Waals surface area contributed by atoms with Crippen LogP contribution in [0.2, 0.25) is 0 Å². The summed E-state index contributed by atoms with van der Waals surface area (Å²) in [5.74, 6) is -15.8. The van der Waals surface area contributed by atoms with Crippen LogP contribution in [0.1, 0.15) is 0 Å². The monoisotopic (exact) mass is 496 g/mol. The van der Waals surface area contributed by atoms with Crippen LogP contribution in [0.25, 0.3) is 0 Å². The smallest absolute Gasteiger partial charge is 0.398 e. The maximum absolute atomic E-state index is 13.5. The van der Waals surface area contributed by atoms with Gasteiger partial charge >= 0.3 is 57.7 Å². The molecule has 0 aromatic heterocycles. The van der Waals surface area contributed by atoms with E-state index in [1.54, 1.807) is 4.74 Å². The lowest BCUT2D eigenvalue weighted by Crippen LogP contribution is -2.66. The molecule has 0 spiro atoms. The first-order valence-corrected chi connectivity index (χ1v) is 6.98. The molecule has 1 unspecified atom stereocenters. The van der Waals surface area contributed by atoms with Gasteiger partial charge in [-0.25, -0.2) is 0 Å². The topological polar surface area (TPSA) is 52.6 Å². The van der Waals surface area contributed by atoms with Gasteiger partial charge in [-0.1, -0.05) is 3.89 Å². The van der Waals surface area contributed by atoms with Gasteiger partial charge in [0.15, 0.2) is 0 Å². The lowest BCUT2D eigenvalue weighted by molar-refractivity contribution is -0.523. The van der Waals surface area contributed by atoms with Crippen LogP contribution in [0.15, 0.2) is 12.1 Å². The molecule has 29 heavy (non-hydrogen) atoms. The molecule has 0 fully saturated rings. The van der Waals surface area contributed by atoms with E-state index in [9.17, 15) is 78.2 Å². The molecule has 0 rings (SSSR count). The SMILES string of the molecule is O=S(=O)(F)C(F)(F)C(F)(F)C(F)(F)OC(F)(C(F)(F)F)C(F)(F)OC(F)=C(F)F. The third kappa shape index (κ3) is 4.58. The fraction of sp³-hybridized carbons (Fsp3) is 0.750. The second kappa shape index (κ2) is 7.23. The number of alkyl halides is 12. The summed E-state index contributed by atoms with van der Waals surface area (Å²) in [6.07, 6.45) is -27.3. The van der Waals surface area contributed by atoms with Crippen molar-refractivity contribution in [2.75, 3.05) is 0 Å². The van der Waals surface area contributed by atoms with Gasteiger partial charge in [-0.15, -0.1) is 0 Å². The van der Waals surface area contributed by atoms with Crippen molar-refractivity contribution in [3.05, 3.63) is 12.1 Å². The van der Waals surface area contributed by atoms with Gasteiger partial charge in [-0.05, 0) is 0 Å². The summed E-state index contributed by atoms with van der Waals surface area (Å²) < 4.78 is 224. The summed E-state index contributed by atoms with van der Waals surface area (Å²) >= 11 is 0. The van der Waals surface area contributed by atoms with E-state index >= 15 is 0 Å². The molecule has 0 aliphatic heterocycles. The molecule has 4 nitrogen and oxygen atoms in total. The number of ether oxygens (including phenoxy) is 2. The molecular weight excluding hydrogens is 496 g/mol. The quantitative estimate of drug-likeness (QED) is 0.270. The zero-order chi connectivity index (χ0) is 24.1. The lowest BCUT2D eigenvalue weighted by Gasteiger charge is -2.38. The van der Waals surface area contributed by atoms with E-state index in [0.717, 1.165) is 0 Å². The zero-order valence-electron chi connectivity index (χ0n) is 12.1. The highest BCUT2D eigenvalue weighted by Gasteiger charge is 2.86. The predicted octanol–water partition coefficient (Wildman–Crippen LogP) is 5.00. The van der Waals surface area contributed by atoms with Crippen molar-refractivity contribution in [2.24, 2.45) is 0 Å². The van der Waals surface area contributed by atoms with Crippen LogP contribution >= 0.6 is 0 Å². The highest BCUT2D eigenvalue weighted by Crippen LogP contribution is 2.56. The first-order chi connectivity index (χ1) is 12.3. The van der Waals surface area contributed by atoms with Crippen LogP contribution in [0, 0.1) is 0 Å². The van der Waals surface area contributed by atoms with Gasteiger partial charge in [-0.3, -0.25) is 4.74 Å². The molecule has 0 aromatic carbocycles. The summed E-state index contributed by atoms with van der Waals surface area (Å²) in [4.78, 5) is 0. The van der Waals surface area contributed by atoms with Crippen molar-refractivity contribution in [3.63, 3.8) is 0 Å². The zero-order valence-corrected chi connectivity index (χ0v) is 12.9. The highest BCUT2D eigenvalue weighted by atomic mass is 32.3.